The molecule has 0 fully saturated rings. The molecule has 130 valence electrons. The Morgan fingerprint density at radius 1 is 1.46 bits per heavy atom. The highest BCUT2D eigenvalue weighted by atomic mass is 79.9. The zero-order valence-corrected chi connectivity index (χ0v) is 14.6. The van der Waals surface area contributed by atoms with Crippen LogP contribution < -0.4 is 10.1 Å². The number of alkyl halides is 2. The summed E-state index contributed by atoms with van der Waals surface area (Å²) in [5.74, 6) is 0.696. The Labute approximate surface area is 145 Å². The van der Waals surface area contributed by atoms with E-state index in [1.807, 2.05) is 0 Å². The van der Waals surface area contributed by atoms with Crippen molar-refractivity contribution < 1.29 is 22.8 Å². The van der Waals surface area contributed by atoms with Crippen molar-refractivity contribution in [3.8, 4) is 5.75 Å². The molecule has 9 heteroatoms. The Bertz CT molecular complexity index is 709. The lowest BCUT2D eigenvalue weighted by Gasteiger charge is -2.18. The Kier molecular flexibility index (Phi) is 6.27. The van der Waals surface area contributed by atoms with E-state index in [4.69, 9.17) is 4.52 Å². The van der Waals surface area contributed by atoms with Gasteiger partial charge in [-0.25, -0.2) is 0 Å². The van der Waals surface area contributed by atoms with E-state index in [2.05, 4.69) is 31.1 Å². The average Bonchev–Trinajstić information content (AvgIpc) is 2.86. The summed E-state index contributed by atoms with van der Waals surface area (Å²) in [5.41, 5.74) is 0.539. The topological polar surface area (TPSA) is 67.6 Å². The number of likely N-dealkylation sites (N-methyl/N-ethyl adjacent to an activating group) is 1. The number of amides is 1. The minimum absolute atomic E-state index is 0.0482. The normalized spacial score (nSPS) is 11.1. The maximum absolute atomic E-state index is 12.5. The van der Waals surface area contributed by atoms with Crippen molar-refractivity contribution in [2.75, 3.05) is 18.9 Å². The molecule has 0 aliphatic rings. The van der Waals surface area contributed by atoms with Gasteiger partial charge < -0.3 is 14.6 Å². The van der Waals surface area contributed by atoms with Crippen LogP contribution >= 0.6 is 15.9 Å². The molecule has 1 N–H and O–H groups in total. The zero-order chi connectivity index (χ0) is 17.7. The fourth-order valence-electron chi connectivity index (χ4n) is 2.08. The third-order valence-corrected chi connectivity index (χ3v) is 3.48. The largest absolute Gasteiger partial charge is 0.434 e. The van der Waals surface area contributed by atoms with Crippen molar-refractivity contribution in [3.05, 3.63) is 40.1 Å². The van der Waals surface area contributed by atoms with Crippen LogP contribution in [-0.2, 0) is 11.3 Å². The molecule has 6 nitrogen and oxygen atoms in total. The number of hydrogen-bond donors (Lipinski definition) is 1. The van der Waals surface area contributed by atoms with Crippen molar-refractivity contribution >= 4 is 27.7 Å². The summed E-state index contributed by atoms with van der Waals surface area (Å²) < 4.78 is 35.0. The van der Waals surface area contributed by atoms with E-state index in [0.717, 1.165) is 4.47 Å². The number of aryl methyl sites for hydroxylation is 1. The van der Waals surface area contributed by atoms with E-state index in [1.54, 1.807) is 37.1 Å². The van der Waals surface area contributed by atoms with Gasteiger partial charge in [0.05, 0.1) is 6.54 Å². The van der Waals surface area contributed by atoms with Gasteiger partial charge in [0.25, 0.3) is 0 Å². The van der Waals surface area contributed by atoms with Gasteiger partial charge in [-0.15, -0.1) is 0 Å². The summed E-state index contributed by atoms with van der Waals surface area (Å²) in [6.07, 6.45) is 0. The van der Waals surface area contributed by atoms with Crippen LogP contribution in [0.5, 0.6) is 5.75 Å². The smallest absolute Gasteiger partial charge is 0.387 e. The zero-order valence-electron chi connectivity index (χ0n) is 13.1. The number of aromatic nitrogens is 1. The molecule has 24 heavy (non-hydrogen) atoms. The second kappa shape index (κ2) is 8.20. The number of nitrogens with one attached hydrogen (secondary N) is 1. The Morgan fingerprint density at radius 2 is 2.21 bits per heavy atom. The minimum Gasteiger partial charge on any atom is -0.434 e. The second-order valence-corrected chi connectivity index (χ2v) is 6.09. The molecule has 0 bridgehead atoms. The molecule has 0 aliphatic heterocycles. The summed E-state index contributed by atoms with van der Waals surface area (Å²) in [6.45, 7) is -0.889. The fourth-order valence-corrected chi connectivity index (χ4v) is 2.49. The van der Waals surface area contributed by atoms with Gasteiger partial charge in [-0.3, -0.25) is 9.69 Å². The number of anilines is 1. The van der Waals surface area contributed by atoms with Crippen molar-refractivity contribution in [2.45, 2.75) is 20.1 Å². The van der Waals surface area contributed by atoms with Crippen molar-refractivity contribution in [1.82, 2.24) is 10.1 Å². The van der Waals surface area contributed by atoms with Gasteiger partial charge in [-0.1, -0.05) is 21.1 Å². The van der Waals surface area contributed by atoms with Crippen LogP contribution in [0.2, 0.25) is 0 Å². The molecule has 1 heterocycles. The van der Waals surface area contributed by atoms with E-state index in [1.165, 1.54) is 6.07 Å². The third-order valence-electron chi connectivity index (χ3n) is 2.99. The maximum atomic E-state index is 12.5. The second-order valence-electron chi connectivity index (χ2n) is 5.17. The maximum Gasteiger partial charge on any atom is 0.387 e. The van der Waals surface area contributed by atoms with Gasteiger partial charge in [0.2, 0.25) is 5.91 Å². The summed E-state index contributed by atoms with van der Waals surface area (Å²) in [6, 6.07) is 6.34. The SMILES string of the molecule is Cc1cc(NC(=O)CN(C)Cc2cc(Br)ccc2OC(F)F)no1. The lowest BCUT2D eigenvalue weighted by atomic mass is 10.2. The van der Waals surface area contributed by atoms with Gasteiger partial charge in [0.1, 0.15) is 11.5 Å². The van der Waals surface area contributed by atoms with Gasteiger partial charge in [-0.05, 0) is 32.2 Å². The molecular formula is C15H16BrF2N3O3. The molecule has 0 spiro atoms. The molecule has 0 aliphatic carbocycles. The van der Waals surface area contributed by atoms with Gasteiger partial charge in [-0.2, -0.15) is 8.78 Å². The Morgan fingerprint density at radius 3 is 2.83 bits per heavy atom. The summed E-state index contributed by atoms with van der Waals surface area (Å²) in [7, 11) is 1.70. The number of nitrogens with zero attached hydrogens (tertiary/aromatic N) is 2. The first-order valence-corrected chi connectivity index (χ1v) is 7.77. The molecule has 2 aromatic rings. The highest BCUT2D eigenvalue weighted by Gasteiger charge is 2.14. The lowest BCUT2D eigenvalue weighted by Crippen LogP contribution is -2.30. The molecule has 0 unspecified atom stereocenters. The quantitative estimate of drug-likeness (QED) is 0.766. The predicted molar refractivity (Wildman–Crippen MR) is 87.0 cm³/mol. The number of rotatable bonds is 7. The van der Waals surface area contributed by atoms with E-state index in [9.17, 15) is 13.6 Å². The van der Waals surface area contributed by atoms with Crippen LogP contribution in [0.25, 0.3) is 0 Å². The van der Waals surface area contributed by atoms with Crippen molar-refractivity contribution in [2.24, 2.45) is 0 Å². The van der Waals surface area contributed by atoms with E-state index < -0.39 is 6.61 Å². The lowest BCUT2D eigenvalue weighted by molar-refractivity contribution is -0.117. The molecule has 0 saturated carbocycles. The van der Waals surface area contributed by atoms with Crippen molar-refractivity contribution in [3.63, 3.8) is 0 Å². The fraction of sp³-hybridized carbons (Fsp3) is 0.333. The molecule has 0 radical (unpaired) electrons. The number of hydrogen-bond acceptors (Lipinski definition) is 5. The number of carbonyl (C=O) groups excluding carboxylic acids is 1. The van der Waals surface area contributed by atoms with Crippen LogP contribution in [0.15, 0.2) is 33.3 Å². The average molecular weight is 404 g/mol. The predicted octanol–water partition coefficient (Wildman–Crippen LogP) is 3.42. The van der Waals surface area contributed by atoms with Gasteiger partial charge in [0, 0.05) is 22.6 Å². The number of carbonyl (C=O) groups is 1. The van der Waals surface area contributed by atoms with Crippen LogP contribution in [-0.4, -0.2) is 36.2 Å². The van der Waals surface area contributed by atoms with E-state index >= 15 is 0 Å². The summed E-state index contributed by atoms with van der Waals surface area (Å²) >= 11 is 3.29. The first-order chi connectivity index (χ1) is 11.3. The molecule has 1 aromatic heterocycles. The Hall–Kier alpha value is -2.00. The van der Waals surface area contributed by atoms with E-state index in [0.29, 0.717) is 17.1 Å². The standard InChI is InChI=1S/C15H16BrF2N3O3/c1-9-5-13(20-24-9)19-14(22)8-21(2)7-10-6-11(16)3-4-12(10)23-15(17)18/h3-6,15H,7-8H2,1-2H3,(H,19,20,22). The van der Waals surface area contributed by atoms with E-state index in [-0.39, 0.29) is 24.7 Å². The number of ether oxygens (including phenoxy) is 1. The Balaban J connectivity index is 1.97. The molecule has 1 amide bonds. The van der Waals surface area contributed by atoms with Crippen LogP contribution in [0.3, 0.4) is 0 Å². The van der Waals surface area contributed by atoms with Crippen LogP contribution in [0, 0.1) is 6.92 Å². The monoisotopic (exact) mass is 403 g/mol. The molecule has 0 atom stereocenters. The van der Waals surface area contributed by atoms with Crippen LogP contribution in [0.4, 0.5) is 14.6 Å². The van der Waals surface area contributed by atoms with Gasteiger partial charge >= 0.3 is 6.61 Å². The first-order valence-electron chi connectivity index (χ1n) is 6.98. The number of benzene rings is 1. The summed E-state index contributed by atoms with van der Waals surface area (Å²) in [5, 5.41) is 6.26. The summed E-state index contributed by atoms with van der Waals surface area (Å²) in [4.78, 5) is 13.6. The molecular weight excluding hydrogens is 388 g/mol. The molecule has 2 rings (SSSR count). The molecule has 0 saturated heterocycles. The van der Waals surface area contributed by atoms with Crippen molar-refractivity contribution in [1.29, 1.82) is 0 Å². The highest BCUT2D eigenvalue weighted by Crippen LogP contribution is 2.25. The van der Waals surface area contributed by atoms with Gasteiger partial charge in [0.15, 0.2) is 5.82 Å². The highest BCUT2D eigenvalue weighted by molar-refractivity contribution is 9.10. The number of halogens is 3. The minimum atomic E-state index is -2.91. The molecule has 1 aromatic carbocycles. The first kappa shape index (κ1) is 18.3. The third kappa shape index (κ3) is 5.57. The van der Waals surface area contributed by atoms with Crippen LogP contribution in [0.1, 0.15) is 11.3 Å².